The normalized spacial score (nSPS) is 14.7. The van der Waals surface area contributed by atoms with E-state index < -0.39 is 17.4 Å². The number of rotatable bonds is 7. The van der Waals surface area contributed by atoms with E-state index in [4.69, 9.17) is 10.2 Å². The van der Waals surface area contributed by atoms with Gasteiger partial charge in [-0.15, -0.1) is 0 Å². The summed E-state index contributed by atoms with van der Waals surface area (Å²) >= 11 is 0. The maximum Gasteiger partial charge on any atom is 0.309 e. The first-order valence-corrected chi connectivity index (χ1v) is 4.87. The highest BCUT2D eigenvalue weighted by Crippen LogP contribution is 2.28. The molecule has 0 aromatic carbocycles. The Balaban J connectivity index is 4.24. The summed E-state index contributed by atoms with van der Waals surface area (Å²) in [6.45, 7) is 3.52. The van der Waals surface area contributed by atoms with Gasteiger partial charge in [0, 0.05) is 0 Å². The van der Waals surface area contributed by atoms with E-state index in [1.54, 1.807) is 0 Å². The molecule has 0 aliphatic rings. The van der Waals surface area contributed by atoms with Crippen molar-refractivity contribution in [1.29, 1.82) is 0 Å². The Morgan fingerprint density at radius 2 is 1.79 bits per heavy atom. The van der Waals surface area contributed by atoms with E-state index in [9.17, 15) is 9.59 Å². The van der Waals surface area contributed by atoms with Crippen molar-refractivity contribution in [2.75, 3.05) is 0 Å². The van der Waals surface area contributed by atoms with Gasteiger partial charge in [0.25, 0.3) is 0 Å². The molecule has 0 heterocycles. The predicted octanol–water partition coefficient (Wildman–Crippen LogP) is 2.13. The third-order valence-corrected chi connectivity index (χ3v) is 2.39. The first-order chi connectivity index (χ1) is 6.42. The summed E-state index contributed by atoms with van der Waals surface area (Å²) in [5.74, 6) is -2.07. The molecule has 0 unspecified atom stereocenters. The molecule has 14 heavy (non-hydrogen) atoms. The third kappa shape index (κ3) is 4.25. The molecule has 1 atom stereocenters. The fourth-order valence-corrected chi connectivity index (χ4v) is 1.37. The summed E-state index contributed by atoms with van der Waals surface area (Å²) in [5.41, 5.74) is -1.11. The fourth-order valence-electron chi connectivity index (χ4n) is 1.37. The molecule has 4 heteroatoms. The van der Waals surface area contributed by atoms with Crippen molar-refractivity contribution >= 4 is 11.9 Å². The first kappa shape index (κ1) is 12.9. The Kier molecular flexibility index (Phi) is 5.20. The second-order valence-electron chi connectivity index (χ2n) is 3.89. The quantitative estimate of drug-likeness (QED) is 0.620. The van der Waals surface area contributed by atoms with Gasteiger partial charge in [0.15, 0.2) is 0 Å². The standard InChI is InChI=1S/C10H18O4/c1-3-4-5-6-10(2,9(13)14)7-8(11)12/h3-7H2,1-2H3,(H,11,12)(H,13,14)/t10-/m1/s1. The smallest absolute Gasteiger partial charge is 0.309 e. The lowest BCUT2D eigenvalue weighted by Gasteiger charge is -2.22. The monoisotopic (exact) mass is 202 g/mol. The van der Waals surface area contributed by atoms with Crippen LogP contribution in [-0.2, 0) is 9.59 Å². The Morgan fingerprint density at radius 3 is 2.14 bits per heavy atom. The average molecular weight is 202 g/mol. The van der Waals surface area contributed by atoms with Gasteiger partial charge >= 0.3 is 11.9 Å². The van der Waals surface area contributed by atoms with Gasteiger partial charge in [-0.05, 0) is 13.3 Å². The van der Waals surface area contributed by atoms with E-state index in [-0.39, 0.29) is 6.42 Å². The number of carboxylic acids is 2. The zero-order valence-electron chi connectivity index (χ0n) is 8.75. The van der Waals surface area contributed by atoms with Crippen molar-refractivity contribution in [2.24, 2.45) is 5.41 Å². The van der Waals surface area contributed by atoms with Crippen molar-refractivity contribution in [3.63, 3.8) is 0 Å². The summed E-state index contributed by atoms with van der Waals surface area (Å²) in [5, 5.41) is 17.5. The van der Waals surface area contributed by atoms with Gasteiger partial charge in [0.2, 0.25) is 0 Å². The number of carbonyl (C=O) groups is 2. The number of carboxylic acid groups (broad SMARTS) is 2. The van der Waals surface area contributed by atoms with Crippen LogP contribution in [0.15, 0.2) is 0 Å². The molecule has 0 saturated carbocycles. The highest BCUT2D eigenvalue weighted by atomic mass is 16.4. The van der Waals surface area contributed by atoms with Gasteiger partial charge in [-0.3, -0.25) is 9.59 Å². The van der Waals surface area contributed by atoms with Gasteiger partial charge in [-0.2, -0.15) is 0 Å². The third-order valence-electron chi connectivity index (χ3n) is 2.39. The maximum absolute atomic E-state index is 10.9. The molecule has 0 aromatic heterocycles. The molecule has 2 N–H and O–H groups in total. The Bertz CT molecular complexity index is 212. The van der Waals surface area contributed by atoms with Crippen LogP contribution in [0.1, 0.15) is 46.0 Å². The maximum atomic E-state index is 10.9. The molecule has 0 aliphatic carbocycles. The van der Waals surface area contributed by atoms with Crippen LogP contribution in [0.4, 0.5) is 0 Å². The lowest BCUT2D eigenvalue weighted by atomic mass is 9.81. The van der Waals surface area contributed by atoms with Crippen LogP contribution in [0.2, 0.25) is 0 Å². The number of unbranched alkanes of at least 4 members (excludes halogenated alkanes) is 2. The van der Waals surface area contributed by atoms with Crippen LogP contribution in [0.5, 0.6) is 0 Å². The molecule has 4 nitrogen and oxygen atoms in total. The zero-order valence-corrected chi connectivity index (χ0v) is 8.75. The number of hydrogen-bond acceptors (Lipinski definition) is 2. The first-order valence-electron chi connectivity index (χ1n) is 4.87. The Morgan fingerprint density at radius 1 is 1.21 bits per heavy atom. The second kappa shape index (κ2) is 5.62. The van der Waals surface area contributed by atoms with E-state index in [0.717, 1.165) is 19.3 Å². The van der Waals surface area contributed by atoms with Crippen LogP contribution in [0.3, 0.4) is 0 Å². The fraction of sp³-hybridized carbons (Fsp3) is 0.800. The van der Waals surface area contributed by atoms with Gasteiger partial charge in [0.1, 0.15) is 0 Å². The molecule has 0 aliphatic heterocycles. The van der Waals surface area contributed by atoms with Crippen LogP contribution >= 0.6 is 0 Å². The van der Waals surface area contributed by atoms with Crippen molar-refractivity contribution in [3.05, 3.63) is 0 Å². The summed E-state index contributed by atoms with van der Waals surface area (Å²) in [7, 11) is 0. The minimum absolute atomic E-state index is 0.300. The van der Waals surface area contributed by atoms with E-state index >= 15 is 0 Å². The lowest BCUT2D eigenvalue weighted by Crippen LogP contribution is -2.30. The highest BCUT2D eigenvalue weighted by Gasteiger charge is 2.34. The largest absolute Gasteiger partial charge is 0.481 e. The SMILES string of the molecule is CCCCC[C@](C)(CC(=O)O)C(=O)O. The average Bonchev–Trinajstić information content (AvgIpc) is 2.03. The molecule has 0 rings (SSSR count). The molecule has 0 radical (unpaired) electrons. The van der Waals surface area contributed by atoms with Crippen LogP contribution in [-0.4, -0.2) is 22.2 Å². The van der Waals surface area contributed by atoms with Crippen molar-refractivity contribution in [1.82, 2.24) is 0 Å². The topological polar surface area (TPSA) is 74.6 Å². The van der Waals surface area contributed by atoms with Crippen molar-refractivity contribution in [3.8, 4) is 0 Å². The molecule has 0 fully saturated rings. The molecule has 0 aromatic rings. The van der Waals surface area contributed by atoms with E-state index in [1.807, 2.05) is 6.92 Å². The van der Waals surface area contributed by atoms with Gasteiger partial charge in [-0.1, -0.05) is 26.2 Å². The van der Waals surface area contributed by atoms with Gasteiger partial charge in [-0.25, -0.2) is 0 Å². The summed E-state index contributed by atoms with van der Waals surface area (Å²) in [6.07, 6.45) is 2.85. The molecule has 0 saturated heterocycles. The lowest BCUT2D eigenvalue weighted by molar-refractivity contribution is -0.155. The zero-order chi connectivity index (χ0) is 11.2. The van der Waals surface area contributed by atoms with E-state index in [1.165, 1.54) is 6.92 Å². The van der Waals surface area contributed by atoms with Crippen molar-refractivity contribution in [2.45, 2.75) is 46.0 Å². The van der Waals surface area contributed by atoms with Crippen molar-refractivity contribution < 1.29 is 19.8 Å². The molecule has 0 bridgehead atoms. The highest BCUT2D eigenvalue weighted by molar-refractivity contribution is 5.80. The molecular weight excluding hydrogens is 184 g/mol. The number of aliphatic carboxylic acids is 2. The minimum atomic E-state index is -1.11. The molecule has 82 valence electrons. The van der Waals surface area contributed by atoms with E-state index in [0.29, 0.717) is 6.42 Å². The predicted molar refractivity (Wildman–Crippen MR) is 52.1 cm³/mol. The second-order valence-corrected chi connectivity index (χ2v) is 3.89. The van der Waals surface area contributed by atoms with Gasteiger partial charge in [0.05, 0.1) is 11.8 Å². The van der Waals surface area contributed by atoms with Crippen LogP contribution in [0, 0.1) is 5.41 Å². The van der Waals surface area contributed by atoms with Crippen LogP contribution < -0.4 is 0 Å². The minimum Gasteiger partial charge on any atom is -0.481 e. The summed E-state index contributed by atoms with van der Waals surface area (Å²) in [6, 6.07) is 0. The number of hydrogen-bond donors (Lipinski definition) is 2. The Labute approximate surface area is 83.9 Å². The summed E-state index contributed by atoms with van der Waals surface area (Å²) < 4.78 is 0. The van der Waals surface area contributed by atoms with Gasteiger partial charge < -0.3 is 10.2 Å². The molecule has 0 spiro atoms. The molecular formula is C10H18O4. The molecule has 0 amide bonds. The Hall–Kier alpha value is -1.06. The van der Waals surface area contributed by atoms with E-state index in [2.05, 4.69) is 0 Å². The summed E-state index contributed by atoms with van der Waals surface area (Å²) in [4.78, 5) is 21.4. The van der Waals surface area contributed by atoms with Crippen LogP contribution in [0.25, 0.3) is 0 Å².